The second kappa shape index (κ2) is 8.31. The minimum atomic E-state index is -0.945. The molecule has 2 N–H and O–H groups in total. The zero-order valence-electron chi connectivity index (χ0n) is 16.4. The molecule has 0 saturated heterocycles. The van der Waals surface area contributed by atoms with Crippen molar-refractivity contribution in [3.05, 3.63) is 76.6 Å². The maximum atomic E-state index is 12.9. The van der Waals surface area contributed by atoms with Gasteiger partial charge in [0.05, 0.1) is 18.0 Å². The third kappa shape index (κ3) is 3.92. The van der Waals surface area contributed by atoms with E-state index in [0.29, 0.717) is 11.3 Å². The second-order valence-electron chi connectivity index (χ2n) is 6.95. The summed E-state index contributed by atoms with van der Waals surface area (Å²) in [5, 5.41) is 19.4. The number of carbonyl (C=O) groups is 3. The number of carboxylic acid groups (broad SMARTS) is 1. The second-order valence-corrected chi connectivity index (χ2v) is 6.95. The molecular weight excluding hydrogens is 370 g/mol. The Balaban J connectivity index is 2.07. The highest BCUT2D eigenvalue weighted by Gasteiger charge is 2.43. The molecule has 0 aromatic heterocycles. The van der Waals surface area contributed by atoms with Crippen molar-refractivity contribution in [1.82, 2.24) is 0 Å². The molecule has 1 atom stereocenters. The fourth-order valence-corrected chi connectivity index (χ4v) is 3.55. The molecule has 6 nitrogen and oxygen atoms in total. The third-order valence-corrected chi connectivity index (χ3v) is 5.10. The van der Waals surface area contributed by atoms with E-state index in [4.69, 9.17) is 5.11 Å². The Morgan fingerprint density at radius 3 is 2.07 bits per heavy atom. The molecule has 0 saturated carbocycles. The zero-order chi connectivity index (χ0) is 21.1. The average molecular weight is 393 g/mol. The molecule has 1 aliphatic heterocycles. The van der Waals surface area contributed by atoms with Crippen molar-refractivity contribution in [2.24, 2.45) is 0 Å². The van der Waals surface area contributed by atoms with E-state index in [0.717, 1.165) is 17.5 Å². The number of Topliss-reactive ketones (excluding diaryl/α,β-unsaturated/α-hetero) is 1. The molecule has 1 unspecified atom stereocenters. The molecule has 2 aromatic rings. The van der Waals surface area contributed by atoms with E-state index in [1.165, 1.54) is 4.90 Å². The number of anilines is 1. The van der Waals surface area contributed by atoms with Crippen LogP contribution in [0.2, 0.25) is 0 Å². The smallest absolute Gasteiger partial charge is 0.307 e. The van der Waals surface area contributed by atoms with Crippen molar-refractivity contribution < 1.29 is 24.6 Å². The number of aliphatic carboxylic acids is 1. The van der Waals surface area contributed by atoms with Crippen molar-refractivity contribution in [1.29, 1.82) is 0 Å². The van der Waals surface area contributed by atoms with Crippen molar-refractivity contribution in [2.45, 2.75) is 39.2 Å². The maximum absolute atomic E-state index is 12.9. The van der Waals surface area contributed by atoms with Gasteiger partial charge in [-0.25, -0.2) is 0 Å². The van der Waals surface area contributed by atoms with Crippen molar-refractivity contribution in [3.8, 4) is 0 Å². The third-order valence-electron chi connectivity index (χ3n) is 5.10. The summed E-state index contributed by atoms with van der Waals surface area (Å²) in [7, 11) is 0. The predicted octanol–water partition coefficient (Wildman–Crippen LogP) is 3.76. The quantitative estimate of drug-likeness (QED) is 0.747. The molecule has 0 aliphatic carbocycles. The van der Waals surface area contributed by atoms with Gasteiger partial charge in [0.25, 0.3) is 5.91 Å². The van der Waals surface area contributed by atoms with Crippen LogP contribution in [0.25, 0.3) is 0 Å². The summed E-state index contributed by atoms with van der Waals surface area (Å²) < 4.78 is 0. The number of ketones is 1. The van der Waals surface area contributed by atoms with Crippen LogP contribution in [-0.4, -0.2) is 27.9 Å². The molecule has 2 aromatic carbocycles. The number of aliphatic hydroxyl groups is 1. The van der Waals surface area contributed by atoms with Gasteiger partial charge >= 0.3 is 5.97 Å². The standard InChI is InChI=1S/C23H23NO5/c1-3-14-5-9-16(10-6-14)21-20(18(25)4-2)22(28)23(29)24(21)17-11-7-15(8-12-17)13-19(26)27/h5-12,21,28H,3-4,13H2,1-2H3,(H,26,27). The first-order valence-electron chi connectivity index (χ1n) is 9.56. The number of nitrogens with zero attached hydrogens (tertiary/aromatic N) is 1. The average Bonchev–Trinajstić information content (AvgIpc) is 2.98. The number of benzene rings is 2. The predicted molar refractivity (Wildman–Crippen MR) is 109 cm³/mol. The van der Waals surface area contributed by atoms with Crippen molar-refractivity contribution in [3.63, 3.8) is 0 Å². The molecule has 0 bridgehead atoms. The van der Waals surface area contributed by atoms with Gasteiger partial charge < -0.3 is 10.2 Å². The van der Waals surface area contributed by atoms with E-state index in [2.05, 4.69) is 0 Å². The summed E-state index contributed by atoms with van der Waals surface area (Å²) in [6.45, 7) is 3.73. The lowest BCUT2D eigenvalue weighted by atomic mass is 9.94. The van der Waals surface area contributed by atoms with Crippen LogP contribution in [0.4, 0.5) is 5.69 Å². The summed E-state index contributed by atoms with van der Waals surface area (Å²) in [5.41, 5.74) is 3.03. The SMILES string of the molecule is CCC(=O)C1=C(O)C(=O)N(c2ccc(CC(=O)O)cc2)C1c1ccc(CC)cc1. The number of aryl methyl sites for hydroxylation is 1. The lowest BCUT2D eigenvalue weighted by molar-refractivity contribution is -0.136. The van der Waals surface area contributed by atoms with Crippen LogP contribution in [0.1, 0.15) is 43.0 Å². The van der Waals surface area contributed by atoms with Gasteiger partial charge in [-0.15, -0.1) is 0 Å². The molecule has 0 spiro atoms. The summed E-state index contributed by atoms with van der Waals surface area (Å²) in [4.78, 5) is 37.7. The first-order valence-corrected chi connectivity index (χ1v) is 9.56. The molecule has 1 heterocycles. The van der Waals surface area contributed by atoms with Crippen LogP contribution >= 0.6 is 0 Å². The molecule has 0 fully saturated rings. The molecule has 1 amide bonds. The van der Waals surface area contributed by atoms with E-state index in [1.54, 1.807) is 31.2 Å². The number of rotatable bonds is 7. The Kier molecular flexibility index (Phi) is 5.82. The van der Waals surface area contributed by atoms with Gasteiger partial charge in [-0.3, -0.25) is 19.3 Å². The van der Waals surface area contributed by atoms with E-state index >= 15 is 0 Å². The summed E-state index contributed by atoms with van der Waals surface area (Å²) >= 11 is 0. The minimum Gasteiger partial charge on any atom is -0.503 e. The van der Waals surface area contributed by atoms with Crippen LogP contribution in [0.5, 0.6) is 0 Å². The Morgan fingerprint density at radius 2 is 1.55 bits per heavy atom. The zero-order valence-corrected chi connectivity index (χ0v) is 16.4. The number of hydrogen-bond acceptors (Lipinski definition) is 4. The largest absolute Gasteiger partial charge is 0.503 e. The number of carbonyl (C=O) groups excluding carboxylic acids is 2. The summed E-state index contributed by atoms with van der Waals surface area (Å²) in [5.74, 6) is -2.40. The molecule has 1 aliphatic rings. The number of aliphatic hydroxyl groups excluding tert-OH is 1. The molecule has 150 valence electrons. The Labute approximate surface area is 169 Å². The van der Waals surface area contributed by atoms with Gasteiger partial charge in [-0.05, 0) is 35.2 Å². The van der Waals surface area contributed by atoms with Crippen LogP contribution in [0, 0.1) is 0 Å². The van der Waals surface area contributed by atoms with E-state index in [1.807, 2.05) is 31.2 Å². The van der Waals surface area contributed by atoms with Crippen LogP contribution < -0.4 is 4.90 Å². The lowest BCUT2D eigenvalue weighted by Gasteiger charge is -2.27. The molecule has 3 rings (SSSR count). The molecule has 6 heteroatoms. The Hall–Kier alpha value is -3.41. The van der Waals surface area contributed by atoms with Crippen molar-refractivity contribution >= 4 is 23.3 Å². The first-order chi connectivity index (χ1) is 13.9. The monoisotopic (exact) mass is 393 g/mol. The van der Waals surface area contributed by atoms with Gasteiger partial charge in [-0.2, -0.15) is 0 Å². The maximum Gasteiger partial charge on any atom is 0.307 e. The van der Waals surface area contributed by atoms with Gasteiger partial charge in [0.15, 0.2) is 11.5 Å². The van der Waals surface area contributed by atoms with Crippen LogP contribution in [0.3, 0.4) is 0 Å². The summed E-state index contributed by atoms with van der Waals surface area (Å²) in [6.07, 6.45) is 0.904. The molecule has 0 radical (unpaired) electrons. The van der Waals surface area contributed by atoms with E-state index in [9.17, 15) is 19.5 Å². The number of amides is 1. The lowest BCUT2D eigenvalue weighted by Crippen LogP contribution is -2.31. The highest BCUT2D eigenvalue weighted by Crippen LogP contribution is 2.41. The number of hydrogen-bond donors (Lipinski definition) is 2. The normalized spacial score (nSPS) is 16.4. The highest BCUT2D eigenvalue weighted by atomic mass is 16.4. The van der Waals surface area contributed by atoms with Gasteiger partial charge in [0, 0.05) is 12.1 Å². The van der Waals surface area contributed by atoms with Crippen molar-refractivity contribution in [2.75, 3.05) is 4.90 Å². The Bertz CT molecular complexity index is 973. The van der Waals surface area contributed by atoms with Crippen LogP contribution in [-0.2, 0) is 27.2 Å². The number of carboxylic acids is 1. The van der Waals surface area contributed by atoms with E-state index < -0.39 is 23.7 Å². The fraction of sp³-hybridized carbons (Fsp3) is 0.261. The van der Waals surface area contributed by atoms with Crippen LogP contribution in [0.15, 0.2) is 59.9 Å². The van der Waals surface area contributed by atoms with Gasteiger partial charge in [-0.1, -0.05) is 50.2 Å². The highest BCUT2D eigenvalue weighted by molar-refractivity contribution is 6.16. The molecular formula is C23H23NO5. The van der Waals surface area contributed by atoms with Gasteiger partial charge in [0.1, 0.15) is 0 Å². The Morgan fingerprint density at radius 1 is 0.966 bits per heavy atom. The van der Waals surface area contributed by atoms with Gasteiger partial charge in [0.2, 0.25) is 0 Å². The topological polar surface area (TPSA) is 94.9 Å². The fourth-order valence-electron chi connectivity index (χ4n) is 3.55. The summed E-state index contributed by atoms with van der Waals surface area (Å²) in [6, 6.07) is 13.4. The van der Waals surface area contributed by atoms with E-state index in [-0.39, 0.29) is 24.2 Å². The minimum absolute atomic E-state index is 0.0939. The molecule has 29 heavy (non-hydrogen) atoms. The first kappa shape index (κ1) is 20.3.